The topological polar surface area (TPSA) is 367 Å². The number of fused-ring (bicyclic) bond motifs is 1. The van der Waals surface area contributed by atoms with Gasteiger partial charge in [-0.1, -0.05) is 13.8 Å². The Morgan fingerprint density at radius 1 is 1.06 bits per heavy atom. The van der Waals surface area contributed by atoms with Crippen molar-refractivity contribution in [2.45, 2.75) is 70.4 Å². The van der Waals surface area contributed by atoms with Crippen LogP contribution in [-0.2, 0) is 45.9 Å². The minimum Gasteiger partial charge on any atom is -0.393 e. The zero-order valence-corrected chi connectivity index (χ0v) is 29.5. The van der Waals surface area contributed by atoms with Gasteiger partial charge in [0, 0.05) is 24.9 Å². The van der Waals surface area contributed by atoms with E-state index in [1.165, 1.54) is 13.8 Å². The van der Waals surface area contributed by atoms with Crippen LogP contribution in [0.5, 0.6) is 0 Å². The largest absolute Gasteiger partial charge is 0.481 e. The molecule has 24 nitrogen and oxygen atoms in total. The van der Waals surface area contributed by atoms with Gasteiger partial charge in [-0.25, -0.2) is 28.6 Å². The molecule has 11 N–H and O–H groups in total. The van der Waals surface area contributed by atoms with E-state index in [2.05, 4.69) is 34.4 Å². The summed E-state index contributed by atoms with van der Waals surface area (Å²) in [4.78, 5) is 74.9. The fraction of sp³-hybridized carbons (Fsp3) is 0.696. The van der Waals surface area contributed by atoms with Crippen LogP contribution < -0.4 is 16.4 Å². The molecule has 0 bridgehead atoms. The Balaban J connectivity index is 1.57. The summed E-state index contributed by atoms with van der Waals surface area (Å²) >= 11 is 0. The third-order valence-corrected chi connectivity index (χ3v) is 10.1. The highest BCUT2D eigenvalue weighted by Crippen LogP contribution is 2.61. The van der Waals surface area contributed by atoms with Gasteiger partial charge < -0.3 is 56.0 Å². The summed E-state index contributed by atoms with van der Waals surface area (Å²) in [5.41, 5.74) is 4.27. The zero-order chi connectivity index (χ0) is 37.7. The first kappa shape index (κ1) is 41.9. The van der Waals surface area contributed by atoms with Crippen molar-refractivity contribution in [1.29, 1.82) is 0 Å². The fourth-order valence-electron chi connectivity index (χ4n) is 4.36. The molecule has 2 aromatic rings. The highest BCUT2D eigenvalue weighted by molar-refractivity contribution is 7.61. The summed E-state index contributed by atoms with van der Waals surface area (Å²) in [6, 6.07) is 0. The lowest BCUT2D eigenvalue weighted by Gasteiger charge is -2.30. The Labute approximate surface area is 283 Å². The molecule has 1 aliphatic rings. The molecule has 50 heavy (non-hydrogen) atoms. The number of imidazole rings is 1. The van der Waals surface area contributed by atoms with Gasteiger partial charge in [0.15, 0.2) is 17.7 Å². The average molecular weight is 780 g/mol. The normalized spacial score (nSPS) is 23.6. The second-order valence-corrected chi connectivity index (χ2v) is 15.9. The number of ether oxygens (including phenoxy) is 1. The van der Waals surface area contributed by atoms with Crippen LogP contribution >= 0.6 is 23.5 Å². The van der Waals surface area contributed by atoms with Gasteiger partial charge in [-0.15, -0.1) is 0 Å². The van der Waals surface area contributed by atoms with E-state index in [9.17, 15) is 58.2 Å². The van der Waals surface area contributed by atoms with Crippen molar-refractivity contribution in [1.82, 2.24) is 30.2 Å². The highest BCUT2D eigenvalue weighted by atomic mass is 31.3. The lowest BCUT2D eigenvalue weighted by atomic mass is 9.87. The first-order valence-electron chi connectivity index (χ1n) is 14.6. The smallest absolute Gasteiger partial charge is 0.393 e. The molecular weight excluding hydrogens is 739 g/mol. The van der Waals surface area contributed by atoms with Gasteiger partial charge in [0.05, 0.1) is 25.6 Å². The molecule has 1 fully saturated rings. The van der Waals surface area contributed by atoms with E-state index in [0.717, 1.165) is 17.2 Å². The SMILES string of the molecule is CC(O)CCNC(=O)CCNC(=O)C(O)C(C)(C)COP(=O)(O)OP(=O)(O)OCC1OC(n2cnc3c(N)ncnc32)C(O)C1OP(=O)(O)O. The molecule has 1 saturated heterocycles. The number of aromatic nitrogens is 4. The Morgan fingerprint density at radius 2 is 1.72 bits per heavy atom. The Morgan fingerprint density at radius 3 is 2.36 bits per heavy atom. The second kappa shape index (κ2) is 16.9. The predicted molar refractivity (Wildman–Crippen MR) is 166 cm³/mol. The summed E-state index contributed by atoms with van der Waals surface area (Å²) in [5.74, 6) is -1.43. The third-order valence-electron chi connectivity index (χ3n) is 6.96. The number of aliphatic hydroxyl groups is 3. The number of nitrogens with zero attached hydrogens (tertiary/aromatic N) is 4. The molecule has 27 heteroatoms. The molecular formula is C23H40N7O17P3. The van der Waals surface area contributed by atoms with Crippen molar-refractivity contribution in [3.05, 3.63) is 12.7 Å². The van der Waals surface area contributed by atoms with Crippen LogP contribution in [0.15, 0.2) is 12.7 Å². The molecule has 284 valence electrons. The van der Waals surface area contributed by atoms with E-state index < -0.39 is 90.7 Å². The summed E-state index contributed by atoms with van der Waals surface area (Å²) in [6.45, 7) is 2.09. The number of nitrogens with one attached hydrogen (secondary N) is 2. The number of rotatable bonds is 19. The van der Waals surface area contributed by atoms with E-state index in [4.69, 9.17) is 19.5 Å². The van der Waals surface area contributed by atoms with Crippen molar-refractivity contribution in [3.8, 4) is 0 Å². The van der Waals surface area contributed by atoms with Gasteiger partial charge >= 0.3 is 23.5 Å². The third kappa shape index (κ3) is 12.0. The molecule has 2 amide bonds. The molecule has 1 aliphatic heterocycles. The van der Waals surface area contributed by atoms with E-state index in [1.807, 2.05) is 0 Å². The number of nitrogens with two attached hydrogens (primary N) is 1. The number of phosphoric ester groups is 3. The van der Waals surface area contributed by atoms with Crippen molar-refractivity contribution >= 4 is 52.3 Å². The molecule has 0 aliphatic carbocycles. The number of phosphoric acid groups is 3. The van der Waals surface area contributed by atoms with E-state index in [1.54, 1.807) is 6.92 Å². The number of carbonyl (C=O) groups excluding carboxylic acids is 2. The fourth-order valence-corrected chi connectivity index (χ4v) is 7.19. The molecule has 8 unspecified atom stereocenters. The minimum atomic E-state index is -5.55. The molecule has 2 aromatic heterocycles. The van der Waals surface area contributed by atoms with Crippen LogP contribution in [0, 0.1) is 5.41 Å². The van der Waals surface area contributed by atoms with Gasteiger partial charge in [-0.05, 0) is 13.3 Å². The quantitative estimate of drug-likeness (QED) is 0.0701. The van der Waals surface area contributed by atoms with E-state index >= 15 is 0 Å². The van der Waals surface area contributed by atoms with Crippen LogP contribution in [0.25, 0.3) is 11.2 Å². The summed E-state index contributed by atoms with van der Waals surface area (Å²) in [7, 11) is -16.3. The van der Waals surface area contributed by atoms with Crippen LogP contribution in [0.3, 0.4) is 0 Å². The number of nitrogen functional groups attached to an aromatic ring is 1. The molecule has 3 heterocycles. The maximum atomic E-state index is 12.6. The number of anilines is 1. The Hall–Kier alpha value is -2.50. The van der Waals surface area contributed by atoms with E-state index in [-0.39, 0.29) is 36.5 Å². The summed E-state index contributed by atoms with van der Waals surface area (Å²) < 4.78 is 61.8. The van der Waals surface area contributed by atoms with Gasteiger partial charge in [0.1, 0.15) is 36.3 Å². The number of amides is 2. The first-order valence-corrected chi connectivity index (χ1v) is 19.1. The van der Waals surface area contributed by atoms with Crippen LogP contribution in [0.1, 0.15) is 39.8 Å². The number of hydrogen-bond donors (Lipinski definition) is 10. The lowest BCUT2D eigenvalue weighted by Crippen LogP contribution is -2.46. The minimum absolute atomic E-state index is 0.0329. The van der Waals surface area contributed by atoms with Crippen molar-refractivity contribution in [2.75, 3.05) is 32.0 Å². The van der Waals surface area contributed by atoms with Crippen molar-refractivity contribution in [2.24, 2.45) is 5.41 Å². The summed E-state index contributed by atoms with van der Waals surface area (Å²) in [5, 5.41) is 35.3. The number of hydrogen-bond acceptors (Lipinski definition) is 17. The zero-order valence-electron chi connectivity index (χ0n) is 26.8. The predicted octanol–water partition coefficient (Wildman–Crippen LogP) is -1.82. The Kier molecular flexibility index (Phi) is 14.2. The van der Waals surface area contributed by atoms with E-state index in [0.29, 0.717) is 6.42 Å². The monoisotopic (exact) mass is 779 g/mol. The van der Waals surface area contributed by atoms with Gasteiger partial charge in [0.25, 0.3) is 0 Å². The van der Waals surface area contributed by atoms with Crippen LogP contribution in [0.2, 0.25) is 0 Å². The maximum Gasteiger partial charge on any atom is 0.481 e. The van der Waals surface area contributed by atoms with Gasteiger partial charge in [-0.3, -0.25) is 27.7 Å². The van der Waals surface area contributed by atoms with Crippen molar-refractivity contribution < 1.29 is 80.8 Å². The van der Waals surface area contributed by atoms with Crippen LogP contribution in [0.4, 0.5) is 5.82 Å². The molecule has 3 rings (SSSR count). The maximum absolute atomic E-state index is 12.6. The number of carbonyl (C=O) groups is 2. The molecule has 0 radical (unpaired) electrons. The Bertz CT molecular complexity index is 1640. The van der Waals surface area contributed by atoms with Gasteiger partial charge in [0.2, 0.25) is 11.8 Å². The average Bonchev–Trinajstić information content (AvgIpc) is 3.54. The lowest BCUT2D eigenvalue weighted by molar-refractivity contribution is -0.137. The molecule has 0 spiro atoms. The van der Waals surface area contributed by atoms with Gasteiger partial charge in [-0.2, -0.15) is 4.31 Å². The second-order valence-electron chi connectivity index (χ2n) is 11.7. The van der Waals surface area contributed by atoms with Crippen molar-refractivity contribution in [3.63, 3.8) is 0 Å². The molecule has 8 atom stereocenters. The number of aliphatic hydroxyl groups excluding tert-OH is 3. The van der Waals surface area contributed by atoms with Crippen LogP contribution in [-0.4, -0.2) is 123 Å². The highest BCUT2D eigenvalue weighted by Gasteiger charge is 2.50. The standard InChI is InChI=1S/C23H40N7O17P3/c1-12(31)4-6-25-14(32)5-7-26-21(35)18(34)23(2,3)9-44-50(41,42)47-49(39,40)43-8-13-17(46-48(36,37)38)16(33)22(45-13)30-11-29-15-19(24)27-10-28-20(15)30/h10-13,16-18,22,31,33-34H,4-9H2,1-3H3,(H,25,32)(H,26,35)(H,39,40)(H,41,42)(H2,24,27,28)(H2,36,37,38). The first-order chi connectivity index (χ1) is 23.0. The summed E-state index contributed by atoms with van der Waals surface area (Å²) in [6.07, 6.45) is -7.13. The molecule has 0 aromatic carbocycles. The molecule has 0 saturated carbocycles.